The molecular weight excluding hydrogens is 158 g/mol. The molecule has 0 unspecified atom stereocenters. The van der Waals surface area contributed by atoms with Gasteiger partial charge in [-0.25, -0.2) is 0 Å². The van der Waals surface area contributed by atoms with Crippen LogP contribution in [0.25, 0.3) is 0 Å². The molecule has 68 valence electrons. The van der Waals surface area contributed by atoms with E-state index in [0.717, 1.165) is 0 Å². The zero-order chi connectivity index (χ0) is 8.97. The fraction of sp³-hybridized carbons (Fsp3) is 0.750. The first kappa shape index (κ1) is 9.03. The summed E-state index contributed by atoms with van der Waals surface area (Å²) in [5.41, 5.74) is 0. The maximum atomic E-state index is 11.1. The highest BCUT2D eigenvalue weighted by molar-refractivity contribution is 5.78. The van der Waals surface area contributed by atoms with E-state index in [9.17, 15) is 9.59 Å². The van der Waals surface area contributed by atoms with Crippen molar-refractivity contribution in [3.63, 3.8) is 0 Å². The fourth-order valence-corrected chi connectivity index (χ4v) is 1.33. The van der Waals surface area contributed by atoms with Crippen LogP contribution in [0, 0.1) is 5.92 Å². The summed E-state index contributed by atoms with van der Waals surface area (Å²) in [6.45, 7) is 0.582. The minimum Gasteiger partial charge on any atom is -0.469 e. The number of carbonyl (C=O) groups excluding carboxylic acids is 2. The van der Waals surface area contributed by atoms with Gasteiger partial charge in [0, 0.05) is 13.0 Å². The lowest BCUT2D eigenvalue weighted by Crippen LogP contribution is -2.22. The number of ether oxygens (including phenoxy) is 1. The van der Waals surface area contributed by atoms with Crippen molar-refractivity contribution in [3.05, 3.63) is 0 Å². The van der Waals surface area contributed by atoms with E-state index in [-0.39, 0.29) is 17.8 Å². The Labute approximate surface area is 71.3 Å². The molecule has 1 atom stereocenters. The van der Waals surface area contributed by atoms with Gasteiger partial charge in [-0.2, -0.15) is 0 Å². The monoisotopic (exact) mass is 171 g/mol. The van der Waals surface area contributed by atoms with E-state index in [4.69, 9.17) is 0 Å². The average molecular weight is 171 g/mol. The third-order valence-electron chi connectivity index (χ3n) is 2.07. The Balaban J connectivity index is 2.45. The Kier molecular flexibility index (Phi) is 3.08. The van der Waals surface area contributed by atoms with Gasteiger partial charge in [0.05, 0.1) is 13.0 Å². The van der Waals surface area contributed by atoms with Crippen molar-refractivity contribution in [2.45, 2.75) is 19.3 Å². The molecule has 0 saturated carbocycles. The van der Waals surface area contributed by atoms with Crippen LogP contribution < -0.4 is 5.32 Å². The molecule has 1 heterocycles. The molecule has 1 saturated heterocycles. The summed E-state index contributed by atoms with van der Waals surface area (Å²) in [7, 11) is 1.38. The van der Waals surface area contributed by atoms with Crippen molar-refractivity contribution in [1.29, 1.82) is 0 Å². The normalized spacial score (nSPS) is 24.1. The largest absolute Gasteiger partial charge is 0.469 e. The van der Waals surface area contributed by atoms with Gasteiger partial charge in [0.2, 0.25) is 5.91 Å². The maximum absolute atomic E-state index is 11.1. The molecule has 1 rings (SSSR count). The molecule has 0 aromatic rings. The minimum atomic E-state index is -0.202. The minimum absolute atomic E-state index is 0.0291. The molecule has 1 N–H and O–H groups in total. The van der Waals surface area contributed by atoms with E-state index in [2.05, 4.69) is 10.1 Å². The van der Waals surface area contributed by atoms with Gasteiger partial charge in [-0.15, -0.1) is 0 Å². The van der Waals surface area contributed by atoms with Crippen molar-refractivity contribution in [3.8, 4) is 0 Å². The molecule has 0 spiro atoms. The van der Waals surface area contributed by atoms with Crippen molar-refractivity contribution >= 4 is 11.9 Å². The Bertz CT molecular complexity index is 191. The van der Waals surface area contributed by atoms with Crippen LogP contribution in [0.1, 0.15) is 19.3 Å². The molecule has 1 aliphatic heterocycles. The van der Waals surface area contributed by atoms with Gasteiger partial charge < -0.3 is 10.1 Å². The van der Waals surface area contributed by atoms with Crippen LogP contribution >= 0.6 is 0 Å². The number of methoxy groups -OCH3 is 1. The summed E-state index contributed by atoms with van der Waals surface area (Å²) < 4.78 is 4.60. The Morgan fingerprint density at radius 3 is 3.00 bits per heavy atom. The molecular formula is C8H13NO3. The molecule has 4 heteroatoms. The highest BCUT2D eigenvalue weighted by Gasteiger charge is 2.22. The van der Waals surface area contributed by atoms with E-state index < -0.39 is 0 Å². The summed E-state index contributed by atoms with van der Waals surface area (Å²) in [5, 5.41) is 2.71. The van der Waals surface area contributed by atoms with Crippen LogP contribution in [0.5, 0.6) is 0 Å². The summed E-state index contributed by atoms with van der Waals surface area (Å²) in [6, 6.07) is 0. The second kappa shape index (κ2) is 4.09. The molecule has 1 fully saturated rings. The molecule has 0 radical (unpaired) electrons. The van der Waals surface area contributed by atoms with E-state index >= 15 is 0 Å². The first-order chi connectivity index (χ1) is 5.74. The number of rotatable bonds is 1. The van der Waals surface area contributed by atoms with Crippen LogP contribution in [0.15, 0.2) is 0 Å². The van der Waals surface area contributed by atoms with Gasteiger partial charge in [0.25, 0.3) is 0 Å². The van der Waals surface area contributed by atoms with Crippen LogP contribution in [0.2, 0.25) is 0 Å². The van der Waals surface area contributed by atoms with Gasteiger partial charge >= 0.3 is 5.97 Å². The van der Waals surface area contributed by atoms with Crippen LogP contribution in [-0.4, -0.2) is 25.5 Å². The molecule has 0 aliphatic carbocycles. The fourth-order valence-electron chi connectivity index (χ4n) is 1.33. The first-order valence-electron chi connectivity index (χ1n) is 4.08. The maximum Gasteiger partial charge on any atom is 0.308 e. The number of hydrogen-bond donors (Lipinski definition) is 1. The summed E-state index contributed by atoms with van der Waals surface area (Å²) in [5.74, 6) is -0.276. The smallest absolute Gasteiger partial charge is 0.308 e. The highest BCUT2D eigenvalue weighted by Crippen LogP contribution is 2.14. The lowest BCUT2D eigenvalue weighted by Gasteiger charge is -2.08. The molecule has 12 heavy (non-hydrogen) atoms. The van der Waals surface area contributed by atoms with Crippen molar-refractivity contribution in [1.82, 2.24) is 5.32 Å². The average Bonchev–Trinajstić information content (AvgIpc) is 2.29. The van der Waals surface area contributed by atoms with E-state index in [1.807, 2.05) is 0 Å². The first-order valence-corrected chi connectivity index (χ1v) is 4.08. The summed E-state index contributed by atoms with van der Waals surface area (Å²) in [6.07, 6.45) is 1.73. The zero-order valence-corrected chi connectivity index (χ0v) is 7.13. The van der Waals surface area contributed by atoms with E-state index in [1.54, 1.807) is 0 Å². The predicted octanol–water partition coefficient (Wildman–Crippen LogP) is 0.0757. The van der Waals surface area contributed by atoms with Gasteiger partial charge in [0.15, 0.2) is 0 Å². The molecule has 0 aromatic carbocycles. The van der Waals surface area contributed by atoms with E-state index in [0.29, 0.717) is 25.8 Å². The zero-order valence-electron chi connectivity index (χ0n) is 7.13. The Hall–Kier alpha value is -1.06. The molecule has 0 bridgehead atoms. The molecule has 4 nitrogen and oxygen atoms in total. The Morgan fingerprint density at radius 1 is 1.58 bits per heavy atom. The highest BCUT2D eigenvalue weighted by atomic mass is 16.5. The van der Waals surface area contributed by atoms with Crippen molar-refractivity contribution in [2.75, 3.05) is 13.7 Å². The van der Waals surface area contributed by atoms with Crippen molar-refractivity contribution in [2.24, 2.45) is 5.92 Å². The SMILES string of the molecule is COC(=O)[C@H]1CCNC(=O)CC1. The second-order valence-corrected chi connectivity index (χ2v) is 2.90. The Morgan fingerprint density at radius 2 is 2.33 bits per heavy atom. The standard InChI is InChI=1S/C8H13NO3/c1-12-8(11)6-2-3-7(10)9-5-4-6/h6H,2-5H2,1H3,(H,9,10)/t6-/m1/s1. The molecule has 1 amide bonds. The van der Waals surface area contributed by atoms with Gasteiger partial charge in [-0.1, -0.05) is 0 Å². The third-order valence-corrected chi connectivity index (χ3v) is 2.07. The predicted molar refractivity (Wildman–Crippen MR) is 42.4 cm³/mol. The van der Waals surface area contributed by atoms with Crippen molar-refractivity contribution < 1.29 is 14.3 Å². The number of hydrogen-bond acceptors (Lipinski definition) is 3. The topological polar surface area (TPSA) is 55.4 Å². The van der Waals surface area contributed by atoms with Crippen LogP contribution in [0.3, 0.4) is 0 Å². The van der Waals surface area contributed by atoms with Crippen LogP contribution in [0.4, 0.5) is 0 Å². The number of nitrogens with one attached hydrogen (secondary N) is 1. The van der Waals surface area contributed by atoms with E-state index in [1.165, 1.54) is 7.11 Å². The summed E-state index contributed by atoms with van der Waals surface area (Å²) >= 11 is 0. The number of carbonyl (C=O) groups is 2. The summed E-state index contributed by atoms with van der Waals surface area (Å²) in [4.78, 5) is 21.9. The van der Waals surface area contributed by atoms with Gasteiger partial charge in [-0.05, 0) is 12.8 Å². The van der Waals surface area contributed by atoms with Gasteiger partial charge in [-0.3, -0.25) is 9.59 Å². The lowest BCUT2D eigenvalue weighted by molar-refractivity contribution is -0.145. The van der Waals surface area contributed by atoms with Crippen LogP contribution in [-0.2, 0) is 14.3 Å². The number of amides is 1. The lowest BCUT2D eigenvalue weighted by atomic mass is 10.0. The second-order valence-electron chi connectivity index (χ2n) is 2.90. The third kappa shape index (κ3) is 2.22. The quantitative estimate of drug-likeness (QED) is 0.568. The number of esters is 1. The van der Waals surface area contributed by atoms with Gasteiger partial charge in [0.1, 0.15) is 0 Å². The molecule has 0 aromatic heterocycles. The molecule has 1 aliphatic rings.